The van der Waals surface area contributed by atoms with Crippen molar-refractivity contribution in [2.24, 2.45) is 0 Å². The molecule has 8 heteroatoms. The molecule has 0 aliphatic heterocycles. The Morgan fingerprint density at radius 2 is 2.10 bits per heavy atom. The van der Waals surface area contributed by atoms with Gasteiger partial charge in [-0.05, 0) is 18.2 Å². The molecule has 0 atom stereocenters. The average Bonchev–Trinajstić information content (AvgIpc) is 2.31. The Balaban J connectivity index is 2.30. The van der Waals surface area contributed by atoms with Gasteiger partial charge in [0.15, 0.2) is 0 Å². The van der Waals surface area contributed by atoms with E-state index in [9.17, 15) is 13.2 Å². The number of anilines is 2. The van der Waals surface area contributed by atoms with E-state index in [0.29, 0.717) is 34.3 Å². The molecule has 0 radical (unpaired) electrons. The topological polar surface area (TPSA) is 89.3 Å². The minimum atomic E-state index is -2.93. The van der Waals surface area contributed by atoms with Gasteiger partial charge >= 0.3 is 0 Å². The van der Waals surface area contributed by atoms with Gasteiger partial charge in [0.1, 0.15) is 9.84 Å². The molecule has 20 heavy (non-hydrogen) atoms. The van der Waals surface area contributed by atoms with E-state index < -0.39 is 9.84 Å². The molecule has 0 spiro atoms. The summed E-state index contributed by atoms with van der Waals surface area (Å²) in [4.78, 5) is 11.7. The van der Waals surface area contributed by atoms with Crippen molar-refractivity contribution in [2.45, 2.75) is 6.42 Å². The van der Waals surface area contributed by atoms with E-state index in [-0.39, 0.29) is 11.7 Å². The fraction of sp³-hybridized carbons (Fsp3) is 0.417. The molecule has 1 aromatic rings. The molecule has 1 aromatic carbocycles. The summed E-state index contributed by atoms with van der Waals surface area (Å²) in [5.74, 6) is 1.03. The summed E-state index contributed by atoms with van der Waals surface area (Å²) in [5.41, 5.74) is 6.66. The molecule has 0 aliphatic carbocycles. The second-order valence-electron chi connectivity index (χ2n) is 4.27. The molecule has 0 bridgehead atoms. The van der Waals surface area contributed by atoms with Crippen LogP contribution in [0.15, 0.2) is 18.2 Å². The van der Waals surface area contributed by atoms with Gasteiger partial charge in [-0.1, -0.05) is 11.6 Å². The first kappa shape index (κ1) is 17.1. The molecule has 1 rings (SSSR count). The van der Waals surface area contributed by atoms with E-state index in [1.165, 1.54) is 18.0 Å². The number of nitrogens with two attached hydrogens (primary N) is 1. The van der Waals surface area contributed by atoms with Crippen molar-refractivity contribution < 1.29 is 13.2 Å². The lowest BCUT2D eigenvalue weighted by Crippen LogP contribution is -2.14. The largest absolute Gasteiger partial charge is 0.397 e. The van der Waals surface area contributed by atoms with Gasteiger partial charge in [-0.25, -0.2) is 8.42 Å². The van der Waals surface area contributed by atoms with Crippen molar-refractivity contribution in [3.63, 3.8) is 0 Å². The summed E-state index contributed by atoms with van der Waals surface area (Å²) >= 11 is 7.20. The highest BCUT2D eigenvalue weighted by Crippen LogP contribution is 2.22. The highest BCUT2D eigenvalue weighted by Gasteiger charge is 2.06. The molecule has 0 fully saturated rings. The van der Waals surface area contributed by atoms with Gasteiger partial charge in [-0.2, -0.15) is 11.8 Å². The summed E-state index contributed by atoms with van der Waals surface area (Å²) in [6.45, 7) is 0. The SMILES string of the molecule is CS(=O)(=O)CCSCCC(=O)Nc1ccc(Cl)cc1N. The first-order valence-electron chi connectivity index (χ1n) is 5.88. The number of sulfone groups is 1. The van der Waals surface area contributed by atoms with Crippen LogP contribution in [0.2, 0.25) is 5.02 Å². The molecule has 0 heterocycles. The molecular weight excluding hydrogens is 320 g/mol. The fourth-order valence-corrected chi connectivity index (χ4v) is 3.73. The van der Waals surface area contributed by atoms with Gasteiger partial charge in [-0.15, -0.1) is 0 Å². The van der Waals surface area contributed by atoms with Gasteiger partial charge in [0, 0.05) is 29.2 Å². The van der Waals surface area contributed by atoms with Gasteiger partial charge in [0.2, 0.25) is 5.91 Å². The first-order chi connectivity index (χ1) is 9.28. The Bertz CT molecular complexity index is 576. The number of benzene rings is 1. The number of rotatable bonds is 7. The minimum Gasteiger partial charge on any atom is -0.397 e. The van der Waals surface area contributed by atoms with Crippen LogP contribution in [0.3, 0.4) is 0 Å². The van der Waals surface area contributed by atoms with Gasteiger partial charge in [0.05, 0.1) is 17.1 Å². The first-order valence-corrected chi connectivity index (χ1v) is 9.47. The smallest absolute Gasteiger partial charge is 0.225 e. The van der Waals surface area contributed by atoms with Gasteiger partial charge < -0.3 is 11.1 Å². The van der Waals surface area contributed by atoms with E-state index in [1.54, 1.807) is 18.2 Å². The molecule has 3 N–H and O–H groups in total. The zero-order valence-corrected chi connectivity index (χ0v) is 13.4. The van der Waals surface area contributed by atoms with Crippen molar-refractivity contribution in [3.8, 4) is 0 Å². The maximum Gasteiger partial charge on any atom is 0.225 e. The molecule has 112 valence electrons. The fourth-order valence-electron chi connectivity index (χ4n) is 1.34. The number of halogens is 1. The molecule has 5 nitrogen and oxygen atoms in total. The van der Waals surface area contributed by atoms with Crippen molar-refractivity contribution in [1.82, 2.24) is 0 Å². The Morgan fingerprint density at radius 3 is 2.70 bits per heavy atom. The average molecular weight is 337 g/mol. The van der Waals surface area contributed by atoms with Crippen LogP contribution in [0.4, 0.5) is 11.4 Å². The molecule has 1 amide bonds. The third kappa shape index (κ3) is 7.02. The number of nitrogen functional groups attached to an aromatic ring is 1. The quantitative estimate of drug-likeness (QED) is 0.587. The molecule has 0 aromatic heterocycles. The Labute approximate surface area is 128 Å². The number of hydrogen-bond acceptors (Lipinski definition) is 5. The maximum absolute atomic E-state index is 11.7. The van der Waals surface area contributed by atoms with Crippen LogP contribution < -0.4 is 11.1 Å². The summed E-state index contributed by atoms with van der Waals surface area (Å²) in [5, 5.41) is 3.20. The molecule has 0 saturated heterocycles. The van der Waals surface area contributed by atoms with Gasteiger partial charge in [-0.3, -0.25) is 4.79 Å². The molecular formula is C12H17ClN2O3S2. The van der Waals surface area contributed by atoms with Crippen LogP contribution in [-0.2, 0) is 14.6 Å². The third-order valence-corrected chi connectivity index (χ3v) is 4.78. The second-order valence-corrected chi connectivity index (χ2v) is 8.19. The standard InChI is InChI=1S/C12H17ClN2O3S2/c1-20(17,18)7-6-19-5-4-12(16)15-11-3-2-9(13)8-10(11)14/h2-3,8H,4-7,14H2,1H3,(H,15,16). The van der Waals surface area contributed by atoms with E-state index in [1.807, 2.05) is 0 Å². The molecule has 0 aliphatic rings. The Kier molecular flexibility index (Phi) is 6.64. The number of hydrogen-bond donors (Lipinski definition) is 2. The molecule has 0 unspecified atom stereocenters. The lowest BCUT2D eigenvalue weighted by atomic mass is 10.2. The highest BCUT2D eigenvalue weighted by molar-refractivity contribution is 8.00. The van der Waals surface area contributed by atoms with Crippen molar-refractivity contribution in [2.75, 3.05) is 34.6 Å². The van der Waals surface area contributed by atoms with Crippen molar-refractivity contribution in [3.05, 3.63) is 23.2 Å². The van der Waals surface area contributed by atoms with Gasteiger partial charge in [0.25, 0.3) is 0 Å². The van der Waals surface area contributed by atoms with Crippen LogP contribution in [0.1, 0.15) is 6.42 Å². The molecule has 0 saturated carbocycles. The Hall–Kier alpha value is -0.920. The summed E-state index contributed by atoms with van der Waals surface area (Å²) < 4.78 is 21.8. The van der Waals surface area contributed by atoms with Crippen LogP contribution in [0, 0.1) is 0 Å². The number of nitrogens with one attached hydrogen (secondary N) is 1. The second kappa shape index (κ2) is 7.75. The Morgan fingerprint density at radius 1 is 1.40 bits per heavy atom. The highest BCUT2D eigenvalue weighted by atomic mass is 35.5. The zero-order chi connectivity index (χ0) is 15.2. The van der Waals surface area contributed by atoms with Crippen LogP contribution in [-0.4, -0.2) is 37.8 Å². The lowest BCUT2D eigenvalue weighted by molar-refractivity contribution is -0.115. The van der Waals surface area contributed by atoms with E-state index in [4.69, 9.17) is 17.3 Å². The van der Waals surface area contributed by atoms with E-state index in [0.717, 1.165) is 0 Å². The lowest BCUT2D eigenvalue weighted by Gasteiger charge is -2.08. The summed E-state index contributed by atoms with van der Waals surface area (Å²) in [7, 11) is -2.93. The monoisotopic (exact) mass is 336 g/mol. The predicted molar refractivity (Wildman–Crippen MR) is 86.1 cm³/mol. The van der Waals surface area contributed by atoms with Crippen LogP contribution >= 0.6 is 23.4 Å². The summed E-state index contributed by atoms with van der Waals surface area (Å²) in [6.07, 6.45) is 1.50. The normalized spacial score (nSPS) is 11.3. The van der Waals surface area contributed by atoms with Crippen LogP contribution in [0.25, 0.3) is 0 Å². The summed E-state index contributed by atoms with van der Waals surface area (Å²) in [6, 6.07) is 4.86. The van der Waals surface area contributed by atoms with Crippen LogP contribution in [0.5, 0.6) is 0 Å². The maximum atomic E-state index is 11.7. The van der Waals surface area contributed by atoms with E-state index in [2.05, 4.69) is 5.32 Å². The predicted octanol–water partition coefficient (Wildman–Crippen LogP) is 2.03. The third-order valence-electron chi connectivity index (χ3n) is 2.36. The van der Waals surface area contributed by atoms with E-state index >= 15 is 0 Å². The zero-order valence-electron chi connectivity index (χ0n) is 11.1. The van der Waals surface area contributed by atoms with Crippen molar-refractivity contribution in [1.29, 1.82) is 0 Å². The number of thioether (sulfide) groups is 1. The number of carbonyl (C=O) groups is 1. The van der Waals surface area contributed by atoms with Crippen molar-refractivity contribution >= 4 is 50.5 Å². The minimum absolute atomic E-state index is 0.128. The number of amides is 1. The number of carbonyl (C=O) groups excluding carboxylic acids is 1.